The van der Waals surface area contributed by atoms with Gasteiger partial charge in [-0.1, -0.05) is 12.1 Å². The maximum Gasteiger partial charge on any atom is 0.236 e. The fourth-order valence-corrected chi connectivity index (χ4v) is 4.66. The molecule has 6 nitrogen and oxygen atoms in total. The van der Waals surface area contributed by atoms with Crippen molar-refractivity contribution in [2.45, 2.75) is 25.4 Å². The van der Waals surface area contributed by atoms with Gasteiger partial charge in [0.15, 0.2) is 5.69 Å². The van der Waals surface area contributed by atoms with Gasteiger partial charge >= 0.3 is 0 Å². The monoisotopic (exact) mass is 384 g/mol. The van der Waals surface area contributed by atoms with Gasteiger partial charge < -0.3 is 15.7 Å². The molecule has 1 unspecified atom stereocenters. The van der Waals surface area contributed by atoms with Crippen LogP contribution in [0.5, 0.6) is 0 Å². The van der Waals surface area contributed by atoms with E-state index in [2.05, 4.69) is 20.9 Å². The number of pyridine rings is 1. The number of aromatic nitrogens is 1. The largest absolute Gasteiger partial charge is 0.384 e. The van der Waals surface area contributed by atoms with Crippen LogP contribution >= 0.6 is 0 Å². The van der Waals surface area contributed by atoms with Crippen molar-refractivity contribution in [1.82, 2.24) is 14.4 Å². The number of halogens is 1. The fraction of sp³-hybridized carbons (Fsp3) is 0.429. The summed E-state index contributed by atoms with van der Waals surface area (Å²) in [6, 6.07) is 10.9. The Hall–Kier alpha value is -2.19. The molecule has 1 fully saturated rings. The molecule has 1 saturated heterocycles. The van der Waals surface area contributed by atoms with E-state index in [0.717, 1.165) is 49.6 Å². The summed E-state index contributed by atoms with van der Waals surface area (Å²) in [7, 11) is 0. The SMILES string of the molecule is NCCN1CCC([N+]2(Cc3ccc(F)cc3)C(CO)=Nc3ncccc32)CC1. The quantitative estimate of drug-likeness (QED) is 0.749. The molecule has 2 aliphatic rings. The zero-order valence-corrected chi connectivity index (χ0v) is 16.0. The molecule has 1 aromatic carbocycles. The second-order valence-electron chi connectivity index (χ2n) is 7.55. The number of aliphatic hydroxyl groups is 1. The molecule has 28 heavy (non-hydrogen) atoms. The number of piperidine rings is 1. The van der Waals surface area contributed by atoms with E-state index in [9.17, 15) is 9.50 Å². The zero-order valence-electron chi connectivity index (χ0n) is 16.0. The summed E-state index contributed by atoms with van der Waals surface area (Å²) >= 11 is 0. The molecule has 0 bridgehead atoms. The Morgan fingerprint density at radius 2 is 1.93 bits per heavy atom. The number of nitrogens with zero attached hydrogens (tertiary/aromatic N) is 4. The smallest absolute Gasteiger partial charge is 0.236 e. The van der Waals surface area contributed by atoms with E-state index in [0.29, 0.717) is 23.4 Å². The molecule has 4 rings (SSSR count). The topological polar surface area (TPSA) is 74.7 Å². The Morgan fingerprint density at radius 3 is 2.61 bits per heavy atom. The van der Waals surface area contributed by atoms with Gasteiger partial charge in [0.1, 0.15) is 25.0 Å². The lowest BCUT2D eigenvalue weighted by molar-refractivity contribution is 0.151. The van der Waals surface area contributed by atoms with Crippen LogP contribution in [0.2, 0.25) is 0 Å². The molecule has 7 heteroatoms. The second kappa shape index (κ2) is 8.05. The molecular formula is C21H27FN5O+. The number of quaternary nitrogens is 1. The standard InChI is InChI=1S/C21H27FN5O/c22-17-5-3-16(4-6-17)14-27(18-7-11-26(12-8-18)13-9-23)19-2-1-10-24-21(19)25-20(27)15-28/h1-6,10,18,28H,7-9,11-15,23H2/q+1. The van der Waals surface area contributed by atoms with Crippen molar-refractivity contribution in [3.63, 3.8) is 0 Å². The van der Waals surface area contributed by atoms with E-state index in [-0.39, 0.29) is 18.5 Å². The molecule has 3 N–H and O–H groups in total. The van der Waals surface area contributed by atoms with Crippen LogP contribution in [0.3, 0.4) is 0 Å². The first-order chi connectivity index (χ1) is 13.7. The van der Waals surface area contributed by atoms with Crippen molar-refractivity contribution in [2.75, 3.05) is 32.8 Å². The van der Waals surface area contributed by atoms with Gasteiger partial charge in [-0.15, -0.1) is 0 Å². The van der Waals surface area contributed by atoms with Gasteiger partial charge in [0.25, 0.3) is 0 Å². The summed E-state index contributed by atoms with van der Waals surface area (Å²) in [4.78, 5) is 11.5. The number of hydrogen-bond acceptors (Lipinski definition) is 5. The highest BCUT2D eigenvalue weighted by atomic mass is 19.1. The highest BCUT2D eigenvalue weighted by Crippen LogP contribution is 2.44. The number of hydrogen-bond donors (Lipinski definition) is 2. The number of likely N-dealkylation sites (tertiary alicyclic amines) is 1. The van der Waals surface area contributed by atoms with E-state index in [1.165, 1.54) is 12.1 Å². The van der Waals surface area contributed by atoms with Crippen LogP contribution in [0.25, 0.3) is 0 Å². The minimum absolute atomic E-state index is 0.124. The first-order valence-electron chi connectivity index (χ1n) is 9.86. The Bertz CT molecular complexity index is 848. The van der Waals surface area contributed by atoms with Crippen molar-refractivity contribution in [1.29, 1.82) is 0 Å². The Labute approximate surface area is 164 Å². The minimum Gasteiger partial charge on any atom is -0.384 e. The van der Waals surface area contributed by atoms with Crippen LogP contribution in [-0.2, 0) is 6.54 Å². The van der Waals surface area contributed by atoms with Crippen LogP contribution in [-0.4, -0.2) is 59.7 Å². The number of fused-ring (bicyclic) bond motifs is 1. The number of aliphatic imine (C=N–C) groups is 1. The number of amidine groups is 1. The van der Waals surface area contributed by atoms with E-state index >= 15 is 0 Å². The zero-order chi connectivity index (χ0) is 19.6. The van der Waals surface area contributed by atoms with Crippen LogP contribution < -0.4 is 10.2 Å². The Balaban J connectivity index is 1.74. The van der Waals surface area contributed by atoms with E-state index in [1.807, 2.05) is 18.2 Å². The summed E-state index contributed by atoms with van der Waals surface area (Å²) in [5, 5.41) is 10.2. The highest BCUT2D eigenvalue weighted by Gasteiger charge is 2.50. The molecule has 148 valence electrons. The van der Waals surface area contributed by atoms with Gasteiger partial charge in [0.05, 0.1) is 0 Å². The van der Waals surface area contributed by atoms with E-state index in [4.69, 9.17) is 5.73 Å². The third kappa shape index (κ3) is 3.35. The lowest BCUT2D eigenvalue weighted by Gasteiger charge is -2.44. The van der Waals surface area contributed by atoms with Crippen molar-refractivity contribution in [2.24, 2.45) is 10.7 Å². The van der Waals surface area contributed by atoms with Crippen LogP contribution in [0.15, 0.2) is 47.6 Å². The van der Waals surface area contributed by atoms with Crippen LogP contribution in [0.1, 0.15) is 18.4 Å². The molecule has 0 aliphatic carbocycles. The minimum atomic E-state index is -0.245. The molecule has 0 spiro atoms. The summed E-state index contributed by atoms with van der Waals surface area (Å²) in [6.45, 7) is 4.01. The second-order valence-corrected chi connectivity index (χ2v) is 7.55. The molecule has 2 aliphatic heterocycles. The molecule has 2 aromatic rings. The first kappa shape index (κ1) is 19.1. The lowest BCUT2D eigenvalue weighted by atomic mass is 9.97. The number of rotatable bonds is 6. The van der Waals surface area contributed by atoms with Crippen molar-refractivity contribution < 1.29 is 9.50 Å². The third-order valence-electron chi connectivity index (χ3n) is 6.00. The lowest BCUT2D eigenvalue weighted by Crippen LogP contribution is -2.62. The molecule has 3 heterocycles. The molecule has 0 radical (unpaired) electrons. The normalized spacial score (nSPS) is 22.9. The predicted octanol–water partition coefficient (Wildman–Crippen LogP) is 2.19. The third-order valence-corrected chi connectivity index (χ3v) is 6.00. The average molecular weight is 384 g/mol. The summed E-state index contributed by atoms with van der Waals surface area (Å²) in [5.41, 5.74) is 7.77. The van der Waals surface area contributed by atoms with Crippen molar-refractivity contribution in [3.8, 4) is 0 Å². The Kier molecular flexibility index (Phi) is 5.50. The summed E-state index contributed by atoms with van der Waals surface area (Å²) in [5.74, 6) is 1.15. The molecule has 1 atom stereocenters. The number of nitrogens with two attached hydrogens (primary N) is 1. The van der Waals surface area contributed by atoms with E-state index < -0.39 is 0 Å². The summed E-state index contributed by atoms with van der Waals surface area (Å²) < 4.78 is 13.9. The van der Waals surface area contributed by atoms with Gasteiger partial charge in [0, 0.05) is 56.8 Å². The number of benzene rings is 1. The van der Waals surface area contributed by atoms with Gasteiger partial charge in [0.2, 0.25) is 11.7 Å². The molecule has 1 aromatic heterocycles. The molecule has 0 saturated carbocycles. The van der Waals surface area contributed by atoms with Crippen LogP contribution in [0, 0.1) is 5.82 Å². The van der Waals surface area contributed by atoms with Crippen molar-refractivity contribution in [3.05, 3.63) is 54.0 Å². The van der Waals surface area contributed by atoms with Gasteiger partial charge in [-0.05, 0) is 18.2 Å². The maximum atomic E-state index is 13.5. The number of aliphatic hydroxyl groups excluding tert-OH is 1. The van der Waals surface area contributed by atoms with Gasteiger partial charge in [-0.2, -0.15) is 4.99 Å². The first-order valence-corrected chi connectivity index (χ1v) is 9.86. The van der Waals surface area contributed by atoms with Gasteiger partial charge in [-0.25, -0.2) is 13.9 Å². The average Bonchev–Trinajstić information content (AvgIpc) is 3.05. The summed E-state index contributed by atoms with van der Waals surface area (Å²) in [6.07, 6.45) is 3.70. The van der Waals surface area contributed by atoms with E-state index in [1.54, 1.807) is 6.20 Å². The van der Waals surface area contributed by atoms with Crippen LogP contribution in [0.4, 0.5) is 15.9 Å². The highest BCUT2D eigenvalue weighted by molar-refractivity contribution is 6.02. The fourth-order valence-electron chi connectivity index (χ4n) is 4.66. The van der Waals surface area contributed by atoms with Gasteiger partial charge in [-0.3, -0.25) is 0 Å². The molecule has 0 amide bonds. The maximum absolute atomic E-state index is 13.5. The predicted molar refractivity (Wildman–Crippen MR) is 109 cm³/mol. The molecular weight excluding hydrogens is 357 g/mol. The van der Waals surface area contributed by atoms with Crippen molar-refractivity contribution >= 4 is 17.3 Å². The Morgan fingerprint density at radius 1 is 1.18 bits per heavy atom.